The molecule has 0 bridgehead atoms. The predicted molar refractivity (Wildman–Crippen MR) is 73.0 cm³/mol. The molecule has 0 saturated heterocycles. The van der Waals surface area contributed by atoms with Crippen LogP contribution in [0.3, 0.4) is 0 Å². The average Bonchev–Trinajstić information content (AvgIpc) is 2.44. The van der Waals surface area contributed by atoms with Gasteiger partial charge in [-0.25, -0.2) is 4.79 Å². The third kappa shape index (κ3) is 6.95. The molecule has 1 amide bonds. The van der Waals surface area contributed by atoms with Gasteiger partial charge in [-0.3, -0.25) is 9.59 Å². The minimum atomic E-state index is -1.26. The van der Waals surface area contributed by atoms with Gasteiger partial charge in [-0.15, -0.1) is 0 Å². The topological polar surface area (TPSA) is 113 Å². The van der Waals surface area contributed by atoms with Crippen molar-refractivity contribution < 1.29 is 29.3 Å². The molecule has 0 fully saturated rings. The summed E-state index contributed by atoms with van der Waals surface area (Å²) in [5.74, 6) is -2.24. The smallest absolute Gasteiger partial charge is 0.326 e. The largest absolute Gasteiger partial charge is 0.493 e. The molecule has 0 saturated carbocycles. The molecule has 7 heteroatoms. The lowest BCUT2D eigenvalue weighted by atomic mass is 10.1. The van der Waals surface area contributed by atoms with Crippen molar-refractivity contribution in [1.82, 2.24) is 5.32 Å². The summed E-state index contributed by atoms with van der Waals surface area (Å²) in [6.07, 6.45) is -0.487. The second-order valence-electron chi connectivity index (χ2n) is 4.30. The van der Waals surface area contributed by atoms with Gasteiger partial charge in [0.15, 0.2) is 0 Å². The first-order valence-corrected chi connectivity index (χ1v) is 6.41. The molecule has 0 aliphatic rings. The van der Waals surface area contributed by atoms with Crippen molar-refractivity contribution in [3.63, 3.8) is 0 Å². The number of carboxylic acid groups (broad SMARTS) is 2. The van der Waals surface area contributed by atoms with E-state index in [0.717, 1.165) is 0 Å². The van der Waals surface area contributed by atoms with Crippen LogP contribution in [-0.4, -0.2) is 40.7 Å². The van der Waals surface area contributed by atoms with E-state index >= 15 is 0 Å². The molecule has 0 spiro atoms. The van der Waals surface area contributed by atoms with Crippen molar-refractivity contribution in [2.24, 2.45) is 0 Å². The minimum absolute atomic E-state index is 0.00819. The van der Waals surface area contributed by atoms with Crippen LogP contribution in [0.4, 0.5) is 0 Å². The van der Waals surface area contributed by atoms with E-state index < -0.39 is 23.9 Å². The van der Waals surface area contributed by atoms with Crippen molar-refractivity contribution in [3.8, 4) is 5.75 Å². The lowest BCUT2D eigenvalue weighted by Crippen LogP contribution is -2.41. The lowest BCUT2D eigenvalue weighted by molar-refractivity contribution is -0.143. The van der Waals surface area contributed by atoms with E-state index in [-0.39, 0.29) is 25.9 Å². The summed E-state index contributed by atoms with van der Waals surface area (Å²) < 4.78 is 5.31. The SMILES string of the molecule is O=C(O)CC[C@H](NC(=O)CCOc1ccccc1)C(=O)O. The van der Waals surface area contributed by atoms with E-state index in [4.69, 9.17) is 14.9 Å². The number of hydrogen-bond acceptors (Lipinski definition) is 4. The maximum absolute atomic E-state index is 11.6. The normalized spacial score (nSPS) is 11.4. The first-order valence-electron chi connectivity index (χ1n) is 6.41. The second-order valence-corrected chi connectivity index (χ2v) is 4.30. The van der Waals surface area contributed by atoms with Crippen LogP contribution in [0, 0.1) is 0 Å². The van der Waals surface area contributed by atoms with Crippen LogP contribution in [-0.2, 0) is 14.4 Å². The maximum atomic E-state index is 11.6. The number of ether oxygens (including phenoxy) is 1. The van der Waals surface area contributed by atoms with Crippen molar-refractivity contribution in [2.45, 2.75) is 25.3 Å². The molecule has 7 nitrogen and oxygen atoms in total. The number of amides is 1. The maximum Gasteiger partial charge on any atom is 0.326 e. The molecular weight excluding hydrogens is 278 g/mol. The Labute approximate surface area is 121 Å². The standard InChI is InChI=1S/C14H17NO6/c16-12(8-9-21-10-4-2-1-3-5-10)15-11(14(19)20)6-7-13(17)18/h1-5,11H,6-9H2,(H,15,16)(H,17,18)(H,19,20)/t11-/m0/s1. The zero-order chi connectivity index (χ0) is 15.7. The summed E-state index contributed by atoms with van der Waals surface area (Å²) in [5.41, 5.74) is 0. The molecule has 0 aromatic heterocycles. The Kier molecular flexibility index (Phi) is 6.73. The summed E-state index contributed by atoms with van der Waals surface area (Å²) in [7, 11) is 0. The van der Waals surface area contributed by atoms with Gasteiger partial charge in [0.2, 0.25) is 5.91 Å². The Morgan fingerprint density at radius 3 is 2.33 bits per heavy atom. The van der Waals surface area contributed by atoms with E-state index in [0.29, 0.717) is 5.75 Å². The molecule has 1 rings (SSSR count). The number of benzene rings is 1. The van der Waals surface area contributed by atoms with E-state index in [1.807, 2.05) is 6.07 Å². The highest BCUT2D eigenvalue weighted by molar-refractivity contribution is 5.84. The van der Waals surface area contributed by atoms with Crippen molar-refractivity contribution in [2.75, 3.05) is 6.61 Å². The molecule has 1 aromatic carbocycles. The van der Waals surface area contributed by atoms with Gasteiger partial charge in [0.25, 0.3) is 0 Å². The first kappa shape index (κ1) is 16.5. The van der Waals surface area contributed by atoms with Gasteiger partial charge in [0, 0.05) is 6.42 Å². The van der Waals surface area contributed by atoms with E-state index in [1.54, 1.807) is 24.3 Å². The van der Waals surface area contributed by atoms with Gasteiger partial charge in [-0.2, -0.15) is 0 Å². The van der Waals surface area contributed by atoms with Gasteiger partial charge in [-0.1, -0.05) is 18.2 Å². The number of carbonyl (C=O) groups is 3. The Hall–Kier alpha value is -2.57. The summed E-state index contributed by atoms with van der Waals surface area (Å²) in [6.45, 7) is 0.112. The summed E-state index contributed by atoms with van der Waals surface area (Å²) in [6, 6.07) is 7.70. The number of para-hydroxylation sites is 1. The molecule has 1 aromatic rings. The van der Waals surface area contributed by atoms with Crippen molar-refractivity contribution in [1.29, 1.82) is 0 Å². The molecule has 21 heavy (non-hydrogen) atoms. The molecule has 0 aliphatic heterocycles. The molecule has 114 valence electrons. The zero-order valence-corrected chi connectivity index (χ0v) is 11.3. The number of nitrogens with one attached hydrogen (secondary N) is 1. The third-order valence-electron chi connectivity index (χ3n) is 2.62. The van der Waals surface area contributed by atoms with Gasteiger partial charge >= 0.3 is 11.9 Å². The van der Waals surface area contributed by atoms with Crippen LogP contribution >= 0.6 is 0 Å². The monoisotopic (exact) mass is 295 g/mol. The third-order valence-corrected chi connectivity index (χ3v) is 2.62. The molecule has 0 heterocycles. The van der Waals surface area contributed by atoms with Crippen LogP contribution in [0.1, 0.15) is 19.3 Å². The molecule has 0 aliphatic carbocycles. The fourth-order valence-electron chi connectivity index (χ4n) is 1.57. The van der Waals surface area contributed by atoms with Gasteiger partial charge in [0.1, 0.15) is 11.8 Å². The zero-order valence-electron chi connectivity index (χ0n) is 11.3. The van der Waals surface area contributed by atoms with E-state index in [2.05, 4.69) is 5.32 Å². The van der Waals surface area contributed by atoms with Crippen LogP contribution in [0.5, 0.6) is 5.75 Å². The molecular formula is C14H17NO6. The highest BCUT2D eigenvalue weighted by Crippen LogP contribution is 2.08. The van der Waals surface area contributed by atoms with Crippen LogP contribution in [0.2, 0.25) is 0 Å². The molecule has 0 radical (unpaired) electrons. The molecule has 3 N–H and O–H groups in total. The second kappa shape index (κ2) is 8.57. The quantitative estimate of drug-likeness (QED) is 0.623. The Bertz CT molecular complexity index is 487. The van der Waals surface area contributed by atoms with Gasteiger partial charge in [0.05, 0.1) is 13.0 Å². The molecule has 1 atom stereocenters. The van der Waals surface area contributed by atoms with Gasteiger partial charge < -0.3 is 20.3 Å². The first-order chi connectivity index (χ1) is 9.99. The Morgan fingerprint density at radius 1 is 1.10 bits per heavy atom. The highest BCUT2D eigenvalue weighted by atomic mass is 16.5. The number of aliphatic carboxylic acids is 2. The fourth-order valence-corrected chi connectivity index (χ4v) is 1.57. The van der Waals surface area contributed by atoms with Crippen LogP contribution < -0.4 is 10.1 Å². The minimum Gasteiger partial charge on any atom is -0.493 e. The van der Waals surface area contributed by atoms with Crippen molar-refractivity contribution in [3.05, 3.63) is 30.3 Å². The van der Waals surface area contributed by atoms with E-state index in [1.165, 1.54) is 0 Å². The Balaban J connectivity index is 2.33. The number of rotatable bonds is 9. The van der Waals surface area contributed by atoms with Crippen molar-refractivity contribution >= 4 is 17.8 Å². The summed E-state index contributed by atoms with van der Waals surface area (Å²) in [4.78, 5) is 32.9. The predicted octanol–water partition coefficient (Wildman–Crippen LogP) is 0.890. The fraction of sp³-hybridized carbons (Fsp3) is 0.357. The molecule has 0 unspecified atom stereocenters. The number of hydrogen-bond donors (Lipinski definition) is 3. The number of carboxylic acids is 2. The van der Waals surface area contributed by atoms with Crippen LogP contribution in [0.25, 0.3) is 0 Å². The Morgan fingerprint density at radius 2 is 1.76 bits per heavy atom. The van der Waals surface area contributed by atoms with Gasteiger partial charge in [-0.05, 0) is 18.6 Å². The summed E-state index contributed by atoms with van der Waals surface area (Å²) >= 11 is 0. The van der Waals surface area contributed by atoms with E-state index in [9.17, 15) is 14.4 Å². The lowest BCUT2D eigenvalue weighted by Gasteiger charge is -2.13. The van der Waals surface area contributed by atoms with Crippen LogP contribution in [0.15, 0.2) is 30.3 Å². The summed E-state index contributed by atoms with van der Waals surface area (Å²) in [5, 5.41) is 19.7. The highest BCUT2D eigenvalue weighted by Gasteiger charge is 2.20. The number of carbonyl (C=O) groups excluding carboxylic acids is 1. The average molecular weight is 295 g/mol.